The molecule has 2 unspecified atom stereocenters. The molecular formula is C19H26N2O5S. The van der Waals surface area contributed by atoms with E-state index in [9.17, 15) is 14.4 Å². The minimum Gasteiger partial charge on any atom is -0.497 e. The summed E-state index contributed by atoms with van der Waals surface area (Å²) >= 11 is 1.61. The minimum atomic E-state index is -0.645. The van der Waals surface area contributed by atoms with Crippen molar-refractivity contribution in [2.75, 3.05) is 26.5 Å². The Labute approximate surface area is 163 Å². The van der Waals surface area contributed by atoms with Gasteiger partial charge in [0.25, 0.3) is 0 Å². The van der Waals surface area contributed by atoms with Crippen LogP contribution in [0.15, 0.2) is 24.3 Å². The Bertz CT molecular complexity index is 665. The smallest absolute Gasteiger partial charge is 0.328 e. The van der Waals surface area contributed by atoms with Crippen LogP contribution >= 0.6 is 11.8 Å². The van der Waals surface area contributed by atoms with Crippen molar-refractivity contribution in [3.8, 4) is 5.75 Å². The molecule has 0 spiro atoms. The fourth-order valence-corrected chi connectivity index (χ4v) is 4.23. The van der Waals surface area contributed by atoms with Gasteiger partial charge in [-0.3, -0.25) is 9.59 Å². The van der Waals surface area contributed by atoms with Crippen LogP contribution in [0.4, 0.5) is 0 Å². The first kappa shape index (κ1) is 21.1. The van der Waals surface area contributed by atoms with E-state index in [1.807, 2.05) is 29.2 Å². The number of esters is 1. The van der Waals surface area contributed by atoms with Crippen molar-refractivity contribution in [2.24, 2.45) is 0 Å². The Morgan fingerprint density at radius 2 is 1.96 bits per heavy atom. The summed E-state index contributed by atoms with van der Waals surface area (Å²) in [6, 6.07) is 7.10. The lowest BCUT2D eigenvalue weighted by molar-refractivity contribution is -0.145. The predicted octanol–water partition coefficient (Wildman–Crippen LogP) is 2.12. The number of nitrogens with zero attached hydrogens (tertiary/aromatic N) is 1. The molecule has 8 heteroatoms. The highest BCUT2D eigenvalue weighted by Crippen LogP contribution is 2.39. The van der Waals surface area contributed by atoms with Crippen LogP contribution in [-0.2, 0) is 19.1 Å². The van der Waals surface area contributed by atoms with Gasteiger partial charge in [0.05, 0.1) is 20.0 Å². The van der Waals surface area contributed by atoms with Gasteiger partial charge >= 0.3 is 5.97 Å². The number of benzene rings is 1. The molecule has 2 atom stereocenters. The van der Waals surface area contributed by atoms with Gasteiger partial charge in [0.2, 0.25) is 11.8 Å². The van der Waals surface area contributed by atoms with Crippen LogP contribution in [0.25, 0.3) is 0 Å². The molecule has 0 saturated carbocycles. The maximum Gasteiger partial charge on any atom is 0.328 e. The maximum atomic E-state index is 12.3. The zero-order valence-corrected chi connectivity index (χ0v) is 16.7. The number of methoxy groups -OCH3 is 2. The van der Waals surface area contributed by atoms with E-state index in [1.54, 1.807) is 18.9 Å². The van der Waals surface area contributed by atoms with Crippen molar-refractivity contribution in [2.45, 2.75) is 37.6 Å². The molecule has 1 aromatic carbocycles. The maximum absolute atomic E-state index is 12.3. The van der Waals surface area contributed by atoms with Crippen molar-refractivity contribution in [3.05, 3.63) is 29.8 Å². The Balaban J connectivity index is 1.89. The zero-order chi connectivity index (χ0) is 19.8. The third-order valence-corrected chi connectivity index (χ3v) is 5.63. The molecule has 1 saturated heterocycles. The van der Waals surface area contributed by atoms with E-state index in [1.165, 1.54) is 14.0 Å². The van der Waals surface area contributed by atoms with Crippen LogP contribution in [0, 0.1) is 0 Å². The van der Waals surface area contributed by atoms with Crippen molar-refractivity contribution < 1.29 is 23.9 Å². The lowest BCUT2D eigenvalue weighted by atomic mass is 10.1. The van der Waals surface area contributed by atoms with E-state index in [-0.39, 0.29) is 17.2 Å². The fraction of sp³-hybridized carbons (Fsp3) is 0.526. The van der Waals surface area contributed by atoms with Crippen molar-refractivity contribution >= 4 is 29.5 Å². The van der Waals surface area contributed by atoms with Crippen molar-refractivity contribution in [3.63, 3.8) is 0 Å². The Morgan fingerprint density at radius 1 is 1.26 bits per heavy atom. The summed E-state index contributed by atoms with van der Waals surface area (Å²) in [7, 11) is 2.93. The number of rotatable bonds is 9. The molecule has 0 aliphatic carbocycles. The van der Waals surface area contributed by atoms with Crippen LogP contribution in [0.2, 0.25) is 0 Å². The zero-order valence-electron chi connectivity index (χ0n) is 15.9. The molecule has 1 heterocycles. The highest BCUT2D eigenvalue weighted by atomic mass is 32.2. The summed E-state index contributed by atoms with van der Waals surface area (Å²) in [6.07, 6.45) is 1.92. The number of carbonyl (C=O) groups excluding carboxylic acids is 3. The van der Waals surface area contributed by atoms with E-state index in [2.05, 4.69) is 5.32 Å². The number of carbonyl (C=O) groups is 3. The molecule has 2 amide bonds. The lowest BCUT2D eigenvalue weighted by Crippen LogP contribution is -2.40. The highest BCUT2D eigenvalue weighted by Gasteiger charge is 2.32. The summed E-state index contributed by atoms with van der Waals surface area (Å²) in [5.74, 6) is 0.650. The molecule has 2 rings (SSSR count). The summed E-state index contributed by atoms with van der Waals surface area (Å²) in [4.78, 5) is 37.1. The van der Waals surface area contributed by atoms with Gasteiger partial charge in [-0.1, -0.05) is 12.1 Å². The molecular weight excluding hydrogens is 368 g/mol. The van der Waals surface area contributed by atoms with Gasteiger partial charge in [0, 0.05) is 13.5 Å². The molecule has 27 heavy (non-hydrogen) atoms. The fourth-order valence-electron chi connectivity index (χ4n) is 3.01. The third kappa shape index (κ3) is 5.89. The van der Waals surface area contributed by atoms with E-state index < -0.39 is 12.0 Å². The summed E-state index contributed by atoms with van der Waals surface area (Å²) in [6.45, 7) is 1.98. The lowest BCUT2D eigenvalue weighted by Gasteiger charge is -2.24. The van der Waals surface area contributed by atoms with Gasteiger partial charge in [0.15, 0.2) is 0 Å². The van der Waals surface area contributed by atoms with Crippen LogP contribution in [0.1, 0.15) is 37.1 Å². The molecule has 1 N–H and O–H groups in total. The molecule has 0 bridgehead atoms. The Morgan fingerprint density at radius 3 is 2.56 bits per heavy atom. The second-order valence-electron chi connectivity index (χ2n) is 6.30. The minimum absolute atomic E-state index is 0.00449. The van der Waals surface area contributed by atoms with Gasteiger partial charge in [-0.25, -0.2) is 4.79 Å². The third-order valence-electron chi connectivity index (χ3n) is 4.37. The largest absolute Gasteiger partial charge is 0.497 e. The van der Waals surface area contributed by atoms with Crippen molar-refractivity contribution in [1.82, 2.24) is 10.2 Å². The quantitative estimate of drug-likeness (QED) is 0.510. The SMILES string of the molecule is COC(=O)C(CCCCN1C(=O)CSC1c1ccc(OC)cc1)NC(C)=O. The second kappa shape index (κ2) is 10.2. The molecule has 7 nitrogen and oxygen atoms in total. The number of unbranched alkanes of at least 4 members (excludes halogenated alkanes) is 1. The normalized spacial score (nSPS) is 17.5. The number of ether oxygens (including phenoxy) is 2. The van der Waals surface area contributed by atoms with Crippen LogP contribution in [-0.4, -0.2) is 55.2 Å². The standard InChI is InChI=1S/C19H26N2O5S/c1-13(22)20-16(19(24)26-3)6-4-5-11-21-17(23)12-27-18(21)14-7-9-15(25-2)10-8-14/h7-10,16,18H,4-6,11-12H2,1-3H3,(H,20,22). The first-order chi connectivity index (χ1) is 13.0. The summed E-state index contributed by atoms with van der Waals surface area (Å²) in [5, 5.41) is 2.60. The Hall–Kier alpha value is -2.22. The van der Waals surface area contributed by atoms with E-state index in [0.29, 0.717) is 25.1 Å². The van der Waals surface area contributed by atoms with Crippen LogP contribution in [0.3, 0.4) is 0 Å². The number of nitrogens with one attached hydrogen (secondary N) is 1. The summed E-state index contributed by atoms with van der Waals surface area (Å²) in [5.41, 5.74) is 1.07. The first-order valence-corrected chi connectivity index (χ1v) is 9.91. The van der Waals surface area contributed by atoms with Crippen LogP contribution in [0.5, 0.6) is 5.75 Å². The molecule has 1 fully saturated rings. The molecule has 1 aromatic rings. The van der Waals surface area contributed by atoms with E-state index in [4.69, 9.17) is 9.47 Å². The number of hydrogen-bond acceptors (Lipinski definition) is 6. The summed E-state index contributed by atoms with van der Waals surface area (Å²) < 4.78 is 9.91. The topological polar surface area (TPSA) is 84.9 Å². The van der Waals surface area contributed by atoms with Gasteiger partial charge in [-0.05, 0) is 37.0 Å². The molecule has 0 aromatic heterocycles. The molecule has 1 aliphatic rings. The average molecular weight is 394 g/mol. The average Bonchev–Trinajstić information content (AvgIpc) is 3.03. The van der Waals surface area contributed by atoms with Gasteiger partial charge < -0.3 is 19.7 Å². The molecule has 1 aliphatic heterocycles. The molecule has 148 valence electrons. The Kier molecular flexibility index (Phi) is 7.97. The second-order valence-corrected chi connectivity index (χ2v) is 7.36. The number of thioether (sulfide) groups is 1. The van der Waals surface area contributed by atoms with Crippen LogP contribution < -0.4 is 10.1 Å². The number of amides is 2. The predicted molar refractivity (Wildman–Crippen MR) is 103 cm³/mol. The molecule has 0 radical (unpaired) electrons. The van der Waals surface area contributed by atoms with E-state index >= 15 is 0 Å². The highest BCUT2D eigenvalue weighted by molar-refractivity contribution is 8.00. The van der Waals surface area contributed by atoms with Gasteiger partial charge in [-0.15, -0.1) is 11.8 Å². The van der Waals surface area contributed by atoms with Gasteiger partial charge in [0.1, 0.15) is 17.2 Å². The van der Waals surface area contributed by atoms with Gasteiger partial charge in [-0.2, -0.15) is 0 Å². The number of hydrogen-bond donors (Lipinski definition) is 1. The van der Waals surface area contributed by atoms with E-state index in [0.717, 1.165) is 17.7 Å². The first-order valence-electron chi connectivity index (χ1n) is 8.86. The van der Waals surface area contributed by atoms with Crippen molar-refractivity contribution in [1.29, 1.82) is 0 Å². The monoisotopic (exact) mass is 394 g/mol.